The molecule has 1 heterocycles. The van der Waals surface area contributed by atoms with E-state index in [0.29, 0.717) is 5.56 Å². The molecule has 4 rings (SSSR count). The number of amides is 1. The van der Waals surface area contributed by atoms with E-state index in [2.05, 4.69) is 15.6 Å². The topological polar surface area (TPSA) is 94.1 Å². The Bertz CT molecular complexity index is 1340. The van der Waals surface area contributed by atoms with Crippen molar-refractivity contribution in [3.63, 3.8) is 0 Å². The van der Waals surface area contributed by atoms with Crippen molar-refractivity contribution < 1.29 is 44.3 Å². The fraction of sp³-hybridized carbons (Fsp3) is 0.107. The van der Waals surface area contributed by atoms with Crippen LogP contribution in [0.1, 0.15) is 34.6 Å². The molecule has 3 aromatic carbocycles. The molecule has 0 spiro atoms. The average Bonchev–Trinajstić information content (AvgIpc) is 2.84. The maximum absolute atomic E-state index is 13.1. The van der Waals surface area contributed by atoms with Gasteiger partial charge in [0.05, 0.1) is 17.2 Å². The van der Waals surface area contributed by atoms with Crippen molar-refractivity contribution in [1.82, 2.24) is 4.98 Å². The van der Waals surface area contributed by atoms with Crippen LogP contribution in [0, 0.1) is 0 Å². The number of aromatic nitrogens is 1. The summed E-state index contributed by atoms with van der Waals surface area (Å²) in [6.45, 7) is 4.08. The largest absolute Gasteiger partial charge is 1.00 e. The summed E-state index contributed by atoms with van der Waals surface area (Å²) >= 11 is 0. The molecule has 1 amide bonds. The molecular formula is C28H24N3NaO3. The molecule has 0 saturated carbocycles. The van der Waals surface area contributed by atoms with Crippen molar-refractivity contribution in [2.24, 2.45) is 0 Å². The van der Waals surface area contributed by atoms with Crippen molar-refractivity contribution in [2.45, 2.75) is 19.9 Å². The average molecular weight is 474 g/mol. The van der Waals surface area contributed by atoms with E-state index in [0.717, 1.165) is 27.9 Å². The predicted octanol–water partition coefficient (Wildman–Crippen LogP) is 1.86. The van der Waals surface area contributed by atoms with Gasteiger partial charge in [0, 0.05) is 40.8 Å². The normalized spacial score (nSPS) is 10.4. The van der Waals surface area contributed by atoms with E-state index < -0.39 is 11.9 Å². The van der Waals surface area contributed by atoms with E-state index >= 15 is 0 Å². The van der Waals surface area contributed by atoms with Crippen LogP contribution in [0.3, 0.4) is 0 Å². The fourth-order valence-electron chi connectivity index (χ4n) is 3.71. The van der Waals surface area contributed by atoms with E-state index in [1.54, 1.807) is 24.4 Å². The zero-order valence-electron chi connectivity index (χ0n) is 19.9. The van der Waals surface area contributed by atoms with Gasteiger partial charge in [0.15, 0.2) is 0 Å². The summed E-state index contributed by atoms with van der Waals surface area (Å²) in [6, 6.07) is 24.1. The fourth-order valence-corrected chi connectivity index (χ4v) is 3.71. The summed E-state index contributed by atoms with van der Waals surface area (Å²) in [5, 5.41) is 17.9. The molecule has 0 bridgehead atoms. The molecule has 0 aliphatic carbocycles. The zero-order valence-corrected chi connectivity index (χ0v) is 21.9. The number of anilines is 2. The van der Waals surface area contributed by atoms with Crippen molar-refractivity contribution in [3.05, 3.63) is 102 Å². The maximum atomic E-state index is 13.1. The number of nitrogens with one attached hydrogen (secondary N) is 2. The molecule has 0 saturated heterocycles. The number of benzene rings is 3. The molecule has 0 aliphatic rings. The van der Waals surface area contributed by atoms with Crippen LogP contribution in [0.2, 0.25) is 0 Å². The minimum Gasteiger partial charge on any atom is -0.545 e. The van der Waals surface area contributed by atoms with Gasteiger partial charge in [0.1, 0.15) is 0 Å². The summed E-state index contributed by atoms with van der Waals surface area (Å²) in [5.74, 6) is -1.83. The van der Waals surface area contributed by atoms with Crippen molar-refractivity contribution in [2.75, 3.05) is 10.6 Å². The molecule has 2 N–H and O–H groups in total. The smallest absolute Gasteiger partial charge is 0.545 e. The molecule has 1 aromatic heterocycles. The Balaban J connectivity index is 0.00000342. The van der Waals surface area contributed by atoms with Gasteiger partial charge in [-0.2, -0.15) is 0 Å². The molecule has 0 aliphatic heterocycles. The predicted molar refractivity (Wildman–Crippen MR) is 133 cm³/mol. The number of hydrogen-bond donors (Lipinski definition) is 2. The summed E-state index contributed by atoms with van der Waals surface area (Å²) in [6.07, 6.45) is 3.13. The number of carboxylic acid groups (broad SMARTS) is 1. The van der Waals surface area contributed by atoms with Crippen LogP contribution in [-0.4, -0.2) is 22.9 Å². The monoisotopic (exact) mass is 473 g/mol. The van der Waals surface area contributed by atoms with Crippen LogP contribution < -0.4 is 45.3 Å². The number of aromatic carboxylic acids is 1. The minimum atomic E-state index is -1.37. The van der Waals surface area contributed by atoms with Gasteiger partial charge in [-0.15, -0.1) is 0 Å². The Kier molecular flexibility index (Phi) is 8.82. The SMILES string of the molecule is CC(C)Nc1ccccc1-c1ccc(C(=O)[O-])c(NC(=O)c2cncc(-c3ccccc3)c2)c1.[Na+]. The standard InChI is InChI=1S/C28H25N3O3.Na/c1-18(2)30-25-11-7-6-10-23(25)20-12-13-24(28(33)34)26(15-20)31-27(32)22-14-21(16-29-17-22)19-8-4-3-5-9-19;/h3-18,30H,1-2H3,(H,31,32)(H,33,34);/q;+1/p-1. The molecule has 0 radical (unpaired) electrons. The van der Waals surface area contributed by atoms with Crippen LogP contribution in [0.15, 0.2) is 91.3 Å². The van der Waals surface area contributed by atoms with Gasteiger partial charge in [0.2, 0.25) is 0 Å². The molecular weight excluding hydrogens is 449 g/mol. The van der Waals surface area contributed by atoms with Gasteiger partial charge < -0.3 is 20.5 Å². The van der Waals surface area contributed by atoms with Crippen LogP contribution in [0.4, 0.5) is 11.4 Å². The Morgan fingerprint density at radius 2 is 1.51 bits per heavy atom. The number of carbonyl (C=O) groups excluding carboxylic acids is 2. The van der Waals surface area contributed by atoms with Gasteiger partial charge in [-0.25, -0.2) is 0 Å². The van der Waals surface area contributed by atoms with Crippen molar-refractivity contribution >= 4 is 23.3 Å². The number of para-hydroxylation sites is 1. The molecule has 0 atom stereocenters. The second-order valence-corrected chi connectivity index (χ2v) is 8.17. The summed E-state index contributed by atoms with van der Waals surface area (Å²) in [7, 11) is 0. The first-order chi connectivity index (χ1) is 16.4. The Morgan fingerprint density at radius 3 is 2.23 bits per heavy atom. The number of nitrogens with zero attached hydrogens (tertiary/aromatic N) is 1. The van der Waals surface area contributed by atoms with E-state index in [1.807, 2.05) is 68.4 Å². The quantitative estimate of drug-likeness (QED) is 0.400. The van der Waals surface area contributed by atoms with Crippen LogP contribution in [-0.2, 0) is 0 Å². The molecule has 0 unspecified atom stereocenters. The number of rotatable bonds is 7. The molecule has 170 valence electrons. The third-order valence-corrected chi connectivity index (χ3v) is 5.28. The number of pyridine rings is 1. The van der Waals surface area contributed by atoms with E-state index in [1.165, 1.54) is 12.3 Å². The third kappa shape index (κ3) is 6.36. The van der Waals surface area contributed by atoms with Gasteiger partial charge >= 0.3 is 29.6 Å². The van der Waals surface area contributed by atoms with Crippen LogP contribution >= 0.6 is 0 Å². The first-order valence-corrected chi connectivity index (χ1v) is 11.0. The molecule has 0 fully saturated rings. The van der Waals surface area contributed by atoms with Crippen molar-refractivity contribution in [1.29, 1.82) is 0 Å². The molecule has 4 aromatic rings. The first-order valence-electron chi connectivity index (χ1n) is 11.0. The third-order valence-electron chi connectivity index (χ3n) is 5.28. The van der Waals surface area contributed by atoms with Gasteiger partial charge in [-0.05, 0) is 43.2 Å². The summed E-state index contributed by atoms with van der Waals surface area (Å²) in [5.41, 5.74) is 4.66. The van der Waals surface area contributed by atoms with Gasteiger partial charge in [-0.1, -0.05) is 60.7 Å². The minimum absolute atomic E-state index is 0. The number of carbonyl (C=O) groups is 2. The van der Waals surface area contributed by atoms with Gasteiger partial charge in [-0.3, -0.25) is 9.78 Å². The summed E-state index contributed by atoms with van der Waals surface area (Å²) < 4.78 is 0. The molecule has 7 heteroatoms. The van der Waals surface area contributed by atoms with Crippen LogP contribution in [0.5, 0.6) is 0 Å². The van der Waals surface area contributed by atoms with E-state index in [-0.39, 0.29) is 46.8 Å². The second kappa shape index (κ2) is 11.8. The van der Waals surface area contributed by atoms with E-state index in [4.69, 9.17) is 0 Å². The first kappa shape index (κ1) is 26.2. The Morgan fingerprint density at radius 1 is 0.800 bits per heavy atom. The van der Waals surface area contributed by atoms with Crippen LogP contribution in [0.25, 0.3) is 22.3 Å². The molecule has 35 heavy (non-hydrogen) atoms. The Hall–Kier alpha value is -3.45. The zero-order chi connectivity index (χ0) is 24.1. The second-order valence-electron chi connectivity index (χ2n) is 8.17. The number of hydrogen-bond acceptors (Lipinski definition) is 5. The number of carboxylic acids is 1. The maximum Gasteiger partial charge on any atom is 1.00 e. The molecule has 6 nitrogen and oxygen atoms in total. The van der Waals surface area contributed by atoms with E-state index in [9.17, 15) is 14.7 Å². The van der Waals surface area contributed by atoms with Crippen molar-refractivity contribution in [3.8, 4) is 22.3 Å². The summed E-state index contributed by atoms with van der Waals surface area (Å²) in [4.78, 5) is 29.0. The Labute approximate surface area is 226 Å². The van der Waals surface area contributed by atoms with Gasteiger partial charge in [0.25, 0.3) is 5.91 Å².